The van der Waals surface area contributed by atoms with Gasteiger partial charge < -0.3 is 24.6 Å². The van der Waals surface area contributed by atoms with E-state index in [0.29, 0.717) is 13.0 Å². The molecule has 290 valence electrons. The quantitative estimate of drug-likeness (QED) is 0.0250. The molecule has 0 spiro atoms. The molecule has 0 fully saturated rings. The lowest BCUT2D eigenvalue weighted by Crippen LogP contribution is -2.29. The number of rotatable bonds is 36. The van der Waals surface area contributed by atoms with Crippen LogP contribution in [0.5, 0.6) is 0 Å². The Morgan fingerprint density at radius 1 is 0.640 bits per heavy atom. The first-order chi connectivity index (χ1) is 24.3. The van der Waals surface area contributed by atoms with E-state index in [1.807, 2.05) is 12.2 Å². The average molecular weight is 727 g/mol. The molecule has 0 heterocycles. The van der Waals surface area contributed by atoms with Gasteiger partial charge in [0.05, 0.1) is 26.4 Å². The molecule has 3 atom stereocenters. The summed E-state index contributed by atoms with van der Waals surface area (Å²) >= 11 is 0. The van der Waals surface area contributed by atoms with Gasteiger partial charge in [0.25, 0.3) is 0 Å². The van der Waals surface area contributed by atoms with E-state index < -0.39 is 45.8 Å². The Hall–Kier alpha value is -1.84. The Labute approximate surface area is 304 Å². The molecule has 0 amide bonds. The summed E-state index contributed by atoms with van der Waals surface area (Å²) in [4.78, 5) is 22.4. The van der Waals surface area contributed by atoms with Crippen LogP contribution in [0.4, 0.5) is 0 Å². The highest BCUT2D eigenvalue weighted by molar-refractivity contribution is 7.47. The van der Waals surface area contributed by atoms with Crippen molar-refractivity contribution in [3.63, 3.8) is 0 Å². The monoisotopic (exact) mass is 726 g/mol. The second kappa shape index (κ2) is 36.9. The summed E-state index contributed by atoms with van der Waals surface area (Å²) in [6, 6.07) is 0. The van der Waals surface area contributed by atoms with Gasteiger partial charge in [-0.15, -0.1) is 0 Å². The van der Waals surface area contributed by atoms with Crippen LogP contribution in [0, 0.1) is 0 Å². The maximum absolute atomic E-state index is 12.5. The largest absolute Gasteiger partial charge is 0.472 e. The predicted octanol–water partition coefficient (Wildman–Crippen LogP) is 10.0. The van der Waals surface area contributed by atoms with E-state index in [9.17, 15) is 19.4 Å². The first-order valence-corrected chi connectivity index (χ1v) is 20.8. The lowest BCUT2D eigenvalue weighted by molar-refractivity contribution is -0.154. The van der Waals surface area contributed by atoms with Crippen molar-refractivity contribution in [3.05, 3.63) is 60.8 Å². The predicted molar refractivity (Wildman–Crippen MR) is 205 cm³/mol. The van der Waals surface area contributed by atoms with Crippen molar-refractivity contribution >= 4 is 13.8 Å². The minimum Gasteiger partial charge on any atom is -0.457 e. The molecule has 0 aromatic carbocycles. The summed E-state index contributed by atoms with van der Waals surface area (Å²) in [7, 11) is -4.53. The topological polar surface area (TPSA) is 132 Å². The Morgan fingerprint density at radius 2 is 1.14 bits per heavy atom. The van der Waals surface area contributed by atoms with Crippen LogP contribution in [0.3, 0.4) is 0 Å². The lowest BCUT2D eigenvalue weighted by Gasteiger charge is -2.20. The van der Waals surface area contributed by atoms with Crippen LogP contribution in [0.1, 0.15) is 142 Å². The molecule has 0 aromatic heterocycles. The van der Waals surface area contributed by atoms with Crippen LogP contribution < -0.4 is 0 Å². The number of aliphatic hydroxyl groups excluding tert-OH is 2. The Bertz CT molecular complexity index is 960. The molecular weight excluding hydrogens is 655 g/mol. The molecule has 0 bridgehead atoms. The maximum atomic E-state index is 12.5. The zero-order valence-corrected chi connectivity index (χ0v) is 32.2. The first-order valence-electron chi connectivity index (χ1n) is 19.3. The molecule has 9 nitrogen and oxygen atoms in total. The van der Waals surface area contributed by atoms with Crippen LogP contribution in [0.25, 0.3) is 0 Å². The Kier molecular flexibility index (Phi) is 35.6. The van der Waals surface area contributed by atoms with Gasteiger partial charge in [-0.3, -0.25) is 13.8 Å². The first kappa shape index (κ1) is 48.2. The van der Waals surface area contributed by atoms with E-state index in [4.69, 9.17) is 23.6 Å². The molecular formula is C40H71O9P. The van der Waals surface area contributed by atoms with Crippen molar-refractivity contribution in [2.24, 2.45) is 0 Å². The van der Waals surface area contributed by atoms with Crippen molar-refractivity contribution in [1.82, 2.24) is 0 Å². The summed E-state index contributed by atoms with van der Waals surface area (Å²) in [6.45, 7) is 3.26. The molecule has 3 unspecified atom stereocenters. The fourth-order valence-electron chi connectivity index (χ4n) is 4.77. The third-order valence-corrected chi connectivity index (χ3v) is 8.65. The second-order valence-electron chi connectivity index (χ2n) is 12.6. The number of carbonyl (C=O) groups excluding carboxylic acids is 1. The Morgan fingerprint density at radius 3 is 1.72 bits per heavy atom. The lowest BCUT2D eigenvalue weighted by atomic mass is 10.1. The molecule has 0 saturated carbocycles. The van der Waals surface area contributed by atoms with Gasteiger partial charge in [0, 0.05) is 13.0 Å². The third kappa shape index (κ3) is 36.0. The minimum atomic E-state index is -4.53. The molecule has 0 rings (SSSR count). The van der Waals surface area contributed by atoms with Gasteiger partial charge in [0.2, 0.25) is 0 Å². The van der Waals surface area contributed by atoms with Crippen molar-refractivity contribution in [2.75, 3.05) is 33.0 Å². The summed E-state index contributed by atoms with van der Waals surface area (Å²) in [6.07, 6.45) is 40.5. The van der Waals surface area contributed by atoms with Crippen LogP contribution in [0.2, 0.25) is 0 Å². The van der Waals surface area contributed by atoms with Crippen LogP contribution in [0.15, 0.2) is 60.8 Å². The zero-order chi connectivity index (χ0) is 36.8. The van der Waals surface area contributed by atoms with Crippen molar-refractivity contribution in [2.45, 2.75) is 154 Å². The summed E-state index contributed by atoms with van der Waals surface area (Å²) in [5.41, 5.74) is 0. The number of phosphoric acid groups is 1. The highest BCUT2D eigenvalue weighted by Crippen LogP contribution is 2.43. The van der Waals surface area contributed by atoms with E-state index in [1.54, 1.807) is 0 Å². The SMILES string of the molecule is CC/C=C\C/C=C\C/C=C\C/C=C\CCC(=O)OC(COCCCCCCCC/C=C\CCCCCCCC)COP(=O)(O)OCC(O)CO. The number of hydrogen-bond acceptors (Lipinski definition) is 8. The summed E-state index contributed by atoms with van der Waals surface area (Å²) < 4.78 is 33.1. The minimum absolute atomic E-state index is 0.0139. The third-order valence-electron chi connectivity index (χ3n) is 7.70. The van der Waals surface area contributed by atoms with E-state index >= 15 is 0 Å². The fourth-order valence-corrected chi connectivity index (χ4v) is 5.56. The number of allylic oxidation sites excluding steroid dienone is 10. The van der Waals surface area contributed by atoms with E-state index in [2.05, 4.69) is 62.5 Å². The molecule has 0 aliphatic heterocycles. The number of carbonyl (C=O) groups is 1. The Balaban J connectivity index is 4.34. The van der Waals surface area contributed by atoms with Gasteiger partial charge in [-0.1, -0.05) is 132 Å². The van der Waals surface area contributed by atoms with Crippen LogP contribution in [-0.4, -0.2) is 66.3 Å². The fraction of sp³-hybridized carbons (Fsp3) is 0.725. The van der Waals surface area contributed by atoms with Gasteiger partial charge in [-0.2, -0.15) is 0 Å². The molecule has 3 N–H and O–H groups in total. The highest BCUT2D eigenvalue weighted by atomic mass is 31.2. The number of phosphoric ester groups is 1. The molecule has 0 aliphatic rings. The number of esters is 1. The molecule has 0 aromatic rings. The molecule has 0 aliphatic carbocycles. The number of aliphatic hydroxyl groups is 2. The molecule has 50 heavy (non-hydrogen) atoms. The van der Waals surface area contributed by atoms with Gasteiger partial charge in [0.1, 0.15) is 12.2 Å². The zero-order valence-electron chi connectivity index (χ0n) is 31.3. The molecule has 0 radical (unpaired) electrons. The average Bonchev–Trinajstić information content (AvgIpc) is 3.10. The molecule has 10 heteroatoms. The van der Waals surface area contributed by atoms with Gasteiger partial charge >= 0.3 is 13.8 Å². The summed E-state index contributed by atoms with van der Waals surface area (Å²) in [5.74, 6) is -0.466. The smallest absolute Gasteiger partial charge is 0.457 e. The van der Waals surface area contributed by atoms with Crippen molar-refractivity contribution in [3.8, 4) is 0 Å². The van der Waals surface area contributed by atoms with Crippen LogP contribution in [-0.2, 0) is 27.9 Å². The highest BCUT2D eigenvalue weighted by Gasteiger charge is 2.26. The van der Waals surface area contributed by atoms with Gasteiger partial charge in [-0.05, 0) is 64.2 Å². The normalized spacial score (nSPS) is 14.9. The van der Waals surface area contributed by atoms with Gasteiger partial charge in [-0.25, -0.2) is 4.57 Å². The maximum Gasteiger partial charge on any atom is 0.472 e. The van der Waals surface area contributed by atoms with E-state index in [1.165, 1.54) is 64.2 Å². The standard InChI is InChI=1S/C40H71O9P/c1-3-5-7-9-11-13-15-17-18-19-21-23-25-27-29-31-33-46-36-39(37-48-50(44,45)47-35-38(42)34-41)49-40(43)32-30-28-26-24-22-20-16-14-12-10-8-6-4-2/h6,8,12,14,17-18,20,22,26,28,38-39,41-42H,3-5,7,9-11,13,15-16,19,21,23-25,27,29-37H2,1-2H3,(H,44,45)/b8-6-,14-12-,18-17-,22-20-,28-26-. The summed E-state index contributed by atoms with van der Waals surface area (Å²) in [5, 5.41) is 18.3. The van der Waals surface area contributed by atoms with E-state index in [-0.39, 0.29) is 13.0 Å². The van der Waals surface area contributed by atoms with Gasteiger partial charge in [0.15, 0.2) is 0 Å². The number of unbranched alkanes of at least 4 members (excludes halogenated alkanes) is 12. The van der Waals surface area contributed by atoms with Crippen molar-refractivity contribution in [1.29, 1.82) is 0 Å². The van der Waals surface area contributed by atoms with E-state index in [0.717, 1.165) is 51.4 Å². The van der Waals surface area contributed by atoms with Crippen LogP contribution >= 0.6 is 7.82 Å². The number of ether oxygens (including phenoxy) is 2. The second-order valence-corrected chi connectivity index (χ2v) is 14.0. The molecule has 0 saturated heterocycles. The number of hydrogen-bond donors (Lipinski definition) is 3. The van der Waals surface area contributed by atoms with Crippen molar-refractivity contribution < 1.29 is 43.0 Å².